The Morgan fingerprint density at radius 2 is 0.606 bits per heavy atom. The molecule has 0 heterocycles. The van der Waals surface area contributed by atoms with Gasteiger partial charge in [-0.2, -0.15) is 0 Å². The van der Waals surface area contributed by atoms with E-state index in [4.69, 9.17) is 37.9 Å². The third-order valence-electron chi connectivity index (χ3n) is 23.2. The van der Waals surface area contributed by atoms with Gasteiger partial charge in [-0.3, -0.25) is 28.8 Å². The average Bonchev–Trinajstić information content (AvgIpc) is 0.950. The van der Waals surface area contributed by atoms with Crippen molar-refractivity contribution in [1.82, 2.24) is 0 Å². The van der Waals surface area contributed by atoms with E-state index in [0.29, 0.717) is 5.92 Å². The van der Waals surface area contributed by atoms with Crippen LogP contribution in [0, 0.1) is 48.3 Å². The predicted molar refractivity (Wildman–Crippen MR) is 563 cm³/mol. The summed E-state index contributed by atoms with van der Waals surface area (Å²) in [5.74, 6) is 0.215. The molecule has 11 unspecified atom stereocenters. The molecule has 1 fully saturated rings. The van der Waals surface area contributed by atoms with Crippen molar-refractivity contribution in [2.75, 3.05) is 6.61 Å². The van der Waals surface area contributed by atoms with Crippen molar-refractivity contribution in [3.05, 3.63) is 256 Å². The summed E-state index contributed by atoms with van der Waals surface area (Å²) in [5.41, 5.74) is 8.99. The van der Waals surface area contributed by atoms with E-state index in [0.717, 1.165) is 134 Å². The maximum atomic E-state index is 12.3. The van der Waals surface area contributed by atoms with E-state index >= 15 is 0 Å². The van der Waals surface area contributed by atoms with Gasteiger partial charge in [0.15, 0.2) is 6.61 Å². The fraction of sp³-hybridized carbons (Fsp3) is 0.547. The van der Waals surface area contributed by atoms with Crippen molar-refractivity contribution in [2.24, 2.45) is 34.5 Å². The van der Waals surface area contributed by atoms with Crippen LogP contribution in [0.2, 0.25) is 0 Å². The monoisotopic (exact) mass is 1840 g/mol. The molecule has 8 aromatic rings. The van der Waals surface area contributed by atoms with Crippen molar-refractivity contribution in [3.63, 3.8) is 0 Å². The standard InChI is InChI=1S/C23H30O3.C15H22O2.4C14H20O2.C13H18O2.10CH4/c1-4-17(3)18-10-8-12-20-19(18)11-9-13-21(20)25-16-22(24)26-23(5-2)14-6-7-15-23;1-5-12(4)15(16)17-14(6-2)13-9-7-11(3)8-10-13;1-5-11(3)14(15)16-12(4)13-8-6-10(2)7-9-13;2*1-5-14(3,4)13(15)16-11(2)12-9-7-6-8-10-12;1-4-11(3)14(15)16-13(5-2)12-9-7-6-8-10-12;1-4-10(2)13(14)15-11(3)12-8-6-5-7-9-12;;;;;;;;;;/h8-13,17H,4-7,14-16H2,1-3H3;7-10,12,14H,5-6H2,1-4H3;6-9,11-12H,5H2,1-4H3;2*6-11H,5H2,1-4H3;6-11,13H,4-5H2,1-3H3;5-11H,4H2,1-3H3;10*1H4. The summed E-state index contributed by atoms with van der Waals surface area (Å²) in [6.45, 7) is 49.5. The van der Waals surface area contributed by atoms with Gasteiger partial charge in [-0.15, -0.1) is 0 Å². The predicted octanol–water partition coefficient (Wildman–Crippen LogP) is 34.6. The maximum absolute atomic E-state index is 12.3. The lowest BCUT2D eigenvalue weighted by Gasteiger charge is -2.27. The van der Waals surface area contributed by atoms with E-state index in [2.05, 4.69) is 64.1 Å². The first-order chi connectivity index (χ1) is 58.0. The number of benzene rings is 8. The van der Waals surface area contributed by atoms with Crippen LogP contribution in [-0.4, -0.2) is 54.0 Å². The number of ether oxygens (including phenoxy) is 8. The Kier molecular flexibility index (Phi) is 75.7. The molecular weight excluding hydrogens is 1650 g/mol. The third-order valence-corrected chi connectivity index (χ3v) is 23.2. The van der Waals surface area contributed by atoms with E-state index in [1.165, 1.54) is 22.1 Å². The summed E-state index contributed by atoms with van der Waals surface area (Å²) < 4.78 is 44.4. The van der Waals surface area contributed by atoms with E-state index < -0.39 is 10.8 Å². The Labute approximate surface area is 807 Å². The van der Waals surface area contributed by atoms with Crippen molar-refractivity contribution >= 4 is 52.6 Å². The second kappa shape index (κ2) is 72.6. The smallest absolute Gasteiger partial charge is 0.344 e. The molecule has 8 aromatic carbocycles. The molecule has 0 radical (unpaired) electrons. The van der Waals surface area contributed by atoms with Crippen LogP contribution in [0.15, 0.2) is 206 Å². The van der Waals surface area contributed by atoms with Gasteiger partial charge in [0.25, 0.3) is 0 Å². The molecule has 132 heavy (non-hydrogen) atoms. The van der Waals surface area contributed by atoms with Gasteiger partial charge >= 0.3 is 41.8 Å². The number of carbonyl (C=O) groups is 7. The van der Waals surface area contributed by atoms with Crippen LogP contribution < -0.4 is 4.74 Å². The third kappa shape index (κ3) is 48.2. The zero-order chi connectivity index (χ0) is 91.1. The lowest BCUT2D eigenvalue weighted by molar-refractivity contribution is -0.162. The molecule has 1 aliphatic carbocycles. The van der Waals surface area contributed by atoms with E-state index in [-0.39, 0.29) is 189 Å². The Morgan fingerprint density at radius 1 is 0.318 bits per heavy atom. The zero-order valence-electron chi connectivity index (χ0n) is 78.7. The van der Waals surface area contributed by atoms with Crippen LogP contribution in [0.4, 0.5) is 0 Å². The van der Waals surface area contributed by atoms with Gasteiger partial charge in [-0.1, -0.05) is 389 Å². The Morgan fingerprint density at radius 3 is 0.917 bits per heavy atom. The number of hydrogen-bond acceptors (Lipinski definition) is 15. The maximum Gasteiger partial charge on any atom is 0.344 e. The van der Waals surface area contributed by atoms with Crippen LogP contribution in [0.1, 0.15) is 416 Å². The van der Waals surface area contributed by atoms with E-state index in [1.807, 2.05) is 315 Å². The number of carbonyl (C=O) groups excluding carboxylic acids is 7. The van der Waals surface area contributed by atoms with Crippen LogP contribution >= 0.6 is 0 Å². The molecule has 748 valence electrons. The highest BCUT2D eigenvalue weighted by atomic mass is 16.6. The van der Waals surface area contributed by atoms with Gasteiger partial charge in [-0.25, -0.2) is 4.79 Å². The minimum absolute atomic E-state index is 0. The van der Waals surface area contributed by atoms with Gasteiger partial charge < -0.3 is 37.9 Å². The topological polar surface area (TPSA) is 193 Å². The Bertz CT molecular complexity index is 4210. The van der Waals surface area contributed by atoms with Gasteiger partial charge in [0.05, 0.1) is 34.5 Å². The van der Waals surface area contributed by atoms with E-state index in [9.17, 15) is 33.6 Å². The zero-order valence-corrected chi connectivity index (χ0v) is 78.7. The number of fused-ring (bicyclic) bond motifs is 1. The molecule has 15 heteroatoms. The first-order valence-corrected chi connectivity index (χ1v) is 44.9. The van der Waals surface area contributed by atoms with Crippen molar-refractivity contribution in [2.45, 2.75) is 385 Å². The van der Waals surface area contributed by atoms with Gasteiger partial charge in [0.2, 0.25) is 0 Å². The number of aryl methyl sites for hydroxylation is 2. The SMILES string of the molecule is C.C.C.C.C.C.C.C.C.C.CCC(C)(C)C(=O)OC(C)c1ccccc1.CCC(C)(C)C(=O)OC(C)c1ccccc1.CCC(C)C(=O)OC(C)c1ccc(C)cc1.CCC(C)C(=O)OC(C)c1ccccc1.CCC(C)C(=O)OC(CC)c1ccc(C)cc1.CCC(C)C(=O)OC(CC)c1ccccc1.CCC(C)c1cccc2c(OCC(=O)OC3(CC)CCCC3)cccc12. The highest BCUT2D eigenvalue weighted by Crippen LogP contribution is 2.38. The summed E-state index contributed by atoms with van der Waals surface area (Å²) in [7, 11) is 0. The molecule has 11 atom stereocenters. The second-order valence-electron chi connectivity index (χ2n) is 33.6. The number of rotatable bonds is 33. The van der Waals surface area contributed by atoms with Gasteiger partial charge in [0, 0.05) is 5.39 Å². The molecule has 1 aliphatic rings. The number of esters is 7. The lowest BCUT2D eigenvalue weighted by atomic mass is 9.90. The minimum Gasteiger partial charge on any atom is -0.481 e. The van der Waals surface area contributed by atoms with Gasteiger partial charge in [-0.05, 0) is 215 Å². The highest BCUT2D eigenvalue weighted by Gasteiger charge is 2.36. The summed E-state index contributed by atoms with van der Waals surface area (Å²) in [6, 6.07) is 67.9. The summed E-state index contributed by atoms with van der Waals surface area (Å²) in [4.78, 5) is 82.7. The largest absolute Gasteiger partial charge is 0.481 e. The molecule has 0 saturated heterocycles. The molecule has 1 saturated carbocycles. The van der Waals surface area contributed by atoms with Crippen LogP contribution in [0.25, 0.3) is 10.8 Å². The first kappa shape index (κ1) is 138. The van der Waals surface area contributed by atoms with Crippen LogP contribution in [0.5, 0.6) is 5.75 Å². The fourth-order valence-electron chi connectivity index (χ4n) is 12.2. The molecule has 0 amide bonds. The molecule has 0 spiro atoms. The fourth-order valence-corrected chi connectivity index (χ4v) is 12.2. The highest BCUT2D eigenvalue weighted by molar-refractivity contribution is 5.91. The van der Waals surface area contributed by atoms with Crippen LogP contribution in [0.3, 0.4) is 0 Å². The number of hydrogen-bond donors (Lipinski definition) is 0. The Hall–Kier alpha value is -9.89. The second-order valence-corrected chi connectivity index (χ2v) is 33.6. The summed E-state index contributed by atoms with van der Waals surface area (Å²) in [6.07, 6.45) is 11.8. The first-order valence-electron chi connectivity index (χ1n) is 44.9. The normalized spacial score (nSPS) is 13.5. The van der Waals surface area contributed by atoms with Crippen molar-refractivity contribution in [3.8, 4) is 5.75 Å². The molecule has 0 aromatic heterocycles. The summed E-state index contributed by atoms with van der Waals surface area (Å²) in [5, 5.41) is 2.26. The van der Waals surface area contributed by atoms with Crippen molar-refractivity contribution in [1.29, 1.82) is 0 Å². The molecule has 9 rings (SSSR count). The molecule has 0 N–H and O–H groups in total. The lowest BCUT2D eigenvalue weighted by Crippen LogP contribution is -2.33. The Balaban J connectivity index is -0.000000226. The molecule has 15 nitrogen and oxygen atoms in total. The van der Waals surface area contributed by atoms with Gasteiger partial charge in [0.1, 0.15) is 48.0 Å². The average molecular weight is 1840 g/mol. The van der Waals surface area contributed by atoms with Crippen LogP contribution in [-0.2, 0) is 66.7 Å². The minimum atomic E-state index is -0.400. The van der Waals surface area contributed by atoms with Crippen molar-refractivity contribution < 1.29 is 71.5 Å². The quantitative estimate of drug-likeness (QED) is 0.0278. The molecule has 0 aliphatic heterocycles. The summed E-state index contributed by atoms with van der Waals surface area (Å²) >= 11 is 0. The molecular formula is C117H190O15. The van der Waals surface area contributed by atoms with E-state index in [1.54, 1.807) is 0 Å². The molecule has 0 bridgehead atoms.